The van der Waals surface area contributed by atoms with Gasteiger partial charge < -0.3 is 13.7 Å². The Kier molecular flexibility index (Phi) is 6.32. The molecule has 5 rings (SSSR count). The lowest BCUT2D eigenvalue weighted by molar-refractivity contribution is 0.415. The van der Waals surface area contributed by atoms with Crippen LogP contribution in [0.15, 0.2) is 90.3 Å². The van der Waals surface area contributed by atoms with E-state index in [1.165, 1.54) is 5.56 Å². The number of thioether (sulfide) groups is 1. The highest BCUT2D eigenvalue weighted by Crippen LogP contribution is 2.33. The molecule has 0 aliphatic carbocycles. The molecule has 0 aliphatic heterocycles. The lowest BCUT2D eigenvalue weighted by Gasteiger charge is -2.12. The number of nitrogens with zero attached hydrogens (tertiary/aromatic N) is 5. The number of hydrogen-bond acceptors (Lipinski definition) is 5. The fraction of sp³-hybridized carbons (Fsp3) is 0.148. The van der Waals surface area contributed by atoms with Gasteiger partial charge in [0.1, 0.15) is 11.8 Å². The van der Waals surface area contributed by atoms with E-state index in [4.69, 9.17) is 4.74 Å². The average molecular weight is 466 g/mol. The molecule has 2 aromatic carbocycles. The van der Waals surface area contributed by atoms with E-state index in [-0.39, 0.29) is 0 Å². The van der Waals surface area contributed by atoms with E-state index in [9.17, 15) is 5.26 Å². The number of hydrogen-bond donors (Lipinski definition) is 0. The molecule has 0 saturated heterocycles. The van der Waals surface area contributed by atoms with Crippen LogP contribution in [0.3, 0.4) is 0 Å². The molecular weight excluding hydrogens is 442 g/mol. The largest absolute Gasteiger partial charge is 0.496 e. The highest BCUT2D eigenvalue weighted by Gasteiger charge is 2.19. The molecule has 0 radical (unpaired) electrons. The Bertz CT molecular complexity index is 1470. The molecule has 0 aliphatic rings. The minimum atomic E-state index is 0.625. The molecule has 6 nitrogen and oxygen atoms in total. The molecule has 34 heavy (non-hydrogen) atoms. The molecule has 3 heterocycles. The molecular formula is C27H23N5OS. The summed E-state index contributed by atoms with van der Waals surface area (Å²) in [4.78, 5) is 0. The smallest absolute Gasteiger partial charge is 0.191 e. The molecule has 168 valence electrons. The first-order valence-electron chi connectivity index (χ1n) is 11.0. The molecule has 0 unspecified atom stereocenters. The van der Waals surface area contributed by atoms with Crippen LogP contribution >= 0.6 is 11.8 Å². The van der Waals surface area contributed by atoms with Crippen molar-refractivity contribution in [2.45, 2.75) is 23.9 Å². The molecule has 0 N–H and O–H groups in total. The van der Waals surface area contributed by atoms with Gasteiger partial charge in [-0.25, -0.2) is 0 Å². The van der Waals surface area contributed by atoms with Crippen LogP contribution in [-0.4, -0.2) is 26.3 Å². The first kappa shape index (κ1) is 21.8. The molecule has 0 amide bonds. The number of aryl methyl sites for hydroxylation is 1. The number of benzene rings is 2. The van der Waals surface area contributed by atoms with Crippen molar-refractivity contribution in [3.63, 3.8) is 0 Å². The third kappa shape index (κ3) is 4.28. The van der Waals surface area contributed by atoms with Crippen molar-refractivity contribution in [1.82, 2.24) is 19.2 Å². The van der Waals surface area contributed by atoms with Gasteiger partial charge in [0.15, 0.2) is 11.0 Å². The van der Waals surface area contributed by atoms with E-state index in [1.807, 2.05) is 65.3 Å². The number of methoxy groups -OCH3 is 1. The van der Waals surface area contributed by atoms with E-state index in [0.29, 0.717) is 11.3 Å². The van der Waals surface area contributed by atoms with Crippen LogP contribution in [0.5, 0.6) is 5.75 Å². The third-order valence-corrected chi connectivity index (χ3v) is 6.78. The Morgan fingerprint density at radius 1 is 0.971 bits per heavy atom. The fourth-order valence-electron chi connectivity index (χ4n) is 4.07. The van der Waals surface area contributed by atoms with Crippen molar-refractivity contribution < 1.29 is 4.74 Å². The number of aromatic nitrogens is 4. The maximum atomic E-state index is 9.76. The van der Waals surface area contributed by atoms with Gasteiger partial charge in [0.05, 0.1) is 23.8 Å². The summed E-state index contributed by atoms with van der Waals surface area (Å²) in [6, 6.07) is 26.5. The maximum Gasteiger partial charge on any atom is 0.191 e. The number of nitriles is 1. The summed E-state index contributed by atoms with van der Waals surface area (Å²) in [7, 11) is 1.67. The zero-order valence-corrected chi connectivity index (χ0v) is 19.6. The summed E-state index contributed by atoms with van der Waals surface area (Å²) in [6.45, 7) is 0.732. The molecule has 0 atom stereocenters. The predicted octanol–water partition coefficient (Wildman–Crippen LogP) is 5.61. The topological polar surface area (TPSA) is 68.1 Å². The molecule has 0 fully saturated rings. The minimum Gasteiger partial charge on any atom is -0.496 e. The fourth-order valence-corrected chi connectivity index (χ4v) is 5.01. The lowest BCUT2D eigenvalue weighted by Crippen LogP contribution is -2.06. The quantitative estimate of drug-likeness (QED) is 0.279. The Hall–Kier alpha value is -4.02. The standard InChI is InChI=1S/C27H23N5OS/c1-33-25-13-6-5-11-22(25)26-29-30-27(32(26)16-14-20-9-3-2-4-10-20)34-19-21-18-31-15-8-7-12-24(31)23(21)17-28/h2-13,15,18H,14,16,19H2,1H3. The highest BCUT2D eigenvalue weighted by molar-refractivity contribution is 7.98. The zero-order chi connectivity index (χ0) is 23.3. The summed E-state index contributed by atoms with van der Waals surface area (Å²) in [5, 5.41) is 19.7. The summed E-state index contributed by atoms with van der Waals surface area (Å²) >= 11 is 1.59. The second kappa shape index (κ2) is 9.86. The van der Waals surface area contributed by atoms with Crippen molar-refractivity contribution in [3.05, 3.63) is 102 Å². The maximum absolute atomic E-state index is 9.76. The Labute approximate surface area is 202 Å². The van der Waals surface area contributed by atoms with Crippen LogP contribution in [0.25, 0.3) is 16.9 Å². The summed E-state index contributed by atoms with van der Waals surface area (Å²) in [5.74, 6) is 2.16. The van der Waals surface area contributed by atoms with Crippen LogP contribution < -0.4 is 4.74 Å². The highest BCUT2D eigenvalue weighted by atomic mass is 32.2. The normalized spacial score (nSPS) is 10.9. The van der Waals surface area contributed by atoms with Gasteiger partial charge in [-0.2, -0.15) is 5.26 Å². The van der Waals surface area contributed by atoms with E-state index < -0.39 is 0 Å². The lowest BCUT2D eigenvalue weighted by atomic mass is 10.1. The third-order valence-electron chi connectivity index (χ3n) is 5.76. The van der Waals surface area contributed by atoms with Gasteiger partial charge in [-0.05, 0) is 41.8 Å². The molecule has 3 aromatic heterocycles. The van der Waals surface area contributed by atoms with Crippen molar-refractivity contribution in [1.29, 1.82) is 5.26 Å². The SMILES string of the molecule is COc1ccccc1-c1nnc(SCc2cn3ccccc3c2C#N)n1CCc1ccccc1. The van der Waals surface area contributed by atoms with Gasteiger partial charge >= 0.3 is 0 Å². The number of fused-ring (bicyclic) bond motifs is 1. The van der Waals surface area contributed by atoms with Gasteiger partial charge in [-0.3, -0.25) is 0 Å². The number of ether oxygens (including phenoxy) is 1. The van der Waals surface area contributed by atoms with Gasteiger partial charge in [0, 0.05) is 24.7 Å². The van der Waals surface area contributed by atoms with E-state index in [2.05, 4.69) is 45.1 Å². The summed E-state index contributed by atoms with van der Waals surface area (Å²) < 4.78 is 9.74. The summed E-state index contributed by atoms with van der Waals surface area (Å²) in [5.41, 5.74) is 4.76. The van der Waals surface area contributed by atoms with Crippen molar-refractivity contribution in [3.8, 4) is 23.2 Å². The van der Waals surface area contributed by atoms with E-state index >= 15 is 0 Å². The Morgan fingerprint density at radius 3 is 2.59 bits per heavy atom. The zero-order valence-electron chi connectivity index (χ0n) is 18.8. The average Bonchev–Trinajstić information content (AvgIpc) is 3.47. The van der Waals surface area contributed by atoms with Gasteiger partial charge in [-0.1, -0.05) is 60.3 Å². The first-order valence-corrected chi connectivity index (χ1v) is 12.0. The number of pyridine rings is 1. The second-order valence-corrected chi connectivity index (χ2v) is 8.76. The monoisotopic (exact) mass is 465 g/mol. The van der Waals surface area contributed by atoms with Crippen molar-refractivity contribution >= 4 is 17.3 Å². The molecule has 0 spiro atoms. The summed E-state index contributed by atoms with van der Waals surface area (Å²) in [6.07, 6.45) is 4.84. The van der Waals surface area contributed by atoms with Gasteiger partial charge in [0.25, 0.3) is 0 Å². The first-order chi connectivity index (χ1) is 16.8. The van der Waals surface area contributed by atoms with Crippen LogP contribution in [0.2, 0.25) is 0 Å². The molecule has 0 saturated carbocycles. The van der Waals surface area contributed by atoms with E-state index in [0.717, 1.165) is 46.3 Å². The van der Waals surface area contributed by atoms with Crippen LogP contribution in [-0.2, 0) is 18.7 Å². The van der Waals surface area contributed by atoms with Crippen LogP contribution in [0.1, 0.15) is 16.7 Å². The molecule has 7 heteroatoms. The Morgan fingerprint density at radius 2 is 1.76 bits per heavy atom. The molecule has 0 bridgehead atoms. The van der Waals surface area contributed by atoms with Crippen molar-refractivity contribution in [2.75, 3.05) is 7.11 Å². The second-order valence-electron chi connectivity index (χ2n) is 7.82. The number of rotatable bonds is 8. The van der Waals surface area contributed by atoms with Gasteiger partial charge in [-0.15, -0.1) is 10.2 Å². The van der Waals surface area contributed by atoms with Crippen LogP contribution in [0.4, 0.5) is 0 Å². The predicted molar refractivity (Wildman–Crippen MR) is 134 cm³/mol. The van der Waals surface area contributed by atoms with Gasteiger partial charge in [0.2, 0.25) is 0 Å². The van der Waals surface area contributed by atoms with Crippen molar-refractivity contribution in [2.24, 2.45) is 0 Å². The molecule has 5 aromatic rings. The Balaban J connectivity index is 1.48. The minimum absolute atomic E-state index is 0.625. The van der Waals surface area contributed by atoms with Crippen LogP contribution in [0, 0.1) is 11.3 Å². The van der Waals surface area contributed by atoms with E-state index in [1.54, 1.807) is 18.9 Å². The number of para-hydroxylation sites is 1.